The van der Waals surface area contributed by atoms with E-state index in [0.717, 1.165) is 51.5 Å². The number of pyridine rings is 1. The minimum absolute atomic E-state index is 0.0629. The topological polar surface area (TPSA) is 98.9 Å². The predicted molar refractivity (Wildman–Crippen MR) is 143 cm³/mol. The molecule has 5 aromatic rings. The van der Waals surface area contributed by atoms with E-state index in [2.05, 4.69) is 10.3 Å². The normalized spacial score (nSPS) is 13.9. The molecule has 37 heavy (non-hydrogen) atoms. The average molecular weight is 514 g/mol. The van der Waals surface area contributed by atoms with E-state index in [1.54, 1.807) is 41.3 Å². The number of hydrogen-bond acceptors (Lipinski definition) is 5. The molecule has 1 aliphatic rings. The van der Waals surface area contributed by atoms with E-state index in [4.69, 9.17) is 5.10 Å². The van der Waals surface area contributed by atoms with Crippen LogP contribution in [-0.4, -0.2) is 39.1 Å². The molecular weight excluding hydrogens is 486 g/mol. The highest BCUT2D eigenvalue weighted by Gasteiger charge is 2.26. The van der Waals surface area contributed by atoms with Gasteiger partial charge >= 0.3 is 0 Å². The third-order valence-corrected chi connectivity index (χ3v) is 8.62. The second-order valence-corrected chi connectivity index (χ2v) is 11.5. The van der Waals surface area contributed by atoms with Gasteiger partial charge in [0.25, 0.3) is 15.9 Å². The lowest BCUT2D eigenvalue weighted by Crippen LogP contribution is -2.25. The van der Waals surface area contributed by atoms with Gasteiger partial charge in [-0.2, -0.15) is 5.10 Å². The van der Waals surface area contributed by atoms with E-state index < -0.39 is 10.0 Å². The lowest BCUT2D eigenvalue weighted by molar-refractivity contribution is 0.0951. The summed E-state index contributed by atoms with van der Waals surface area (Å²) in [5.41, 5.74) is 5.28. The van der Waals surface area contributed by atoms with Crippen molar-refractivity contribution >= 4 is 37.9 Å². The van der Waals surface area contributed by atoms with Gasteiger partial charge in [-0.05, 0) is 56.0 Å². The van der Waals surface area contributed by atoms with Crippen LogP contribution >= 0.6 is 0 Å². The molecule has 0 saturated heterocycles. The summed E-state index contributed by atoms with van der Waals surface area (Å²) in [6.07, 6.45) is 6.08. The van der Waals surface area contributed by atoms with E-state index in [-0.39, 0.29) is 10.8 Å². The molecule has 0 atom stereocenters. The SMILES string of the molecule is CCc1cn(S(=O)(=O)c2ccc(C)cc2)c2ncc3c(-c4ccc(C(=O)NC5CC5)cc4)nn(C)c3c12. The van der Waals surface area contributed by atoms with Crippen LogP contribution in [0.25, 0.3) is 33.2 Å². The van der Waals surface area contributed by atoms with Gasteiger partial charge in [-0.15, -0.1) is 0 Å². The van der Waals surface area contributed by atoms with Crippen LogP contribution in [0.5, 0.6) is 0 Å². The molecule has 1 saturated carbocycles. The van der Waals surface area contributed by atoms with E-state index in [9.17, 15) is 13.2 Å². The lowest BCUT2D eigenvalue weighted by Gasteiger charge is -2.07. The Morgan fingerprint density at radius 3 is 2.43 bits per heavy atom. The van der Waals surface area contributed by atoms with Gasteiger partial charge in [0.2, 0.25) is 0 Å². The molecule has 3 heterocycles. The van der Waals surface area contributed by atoms with Crippen LogP contribution in [0.2, 0.25) is 0 Å². The largest absolute Gasteiger partial charge is 0.349 e. The number of hydrogen-bond donors (Lipinski definition) is 1. The van der Waals surface area contributed by atoms with Crippen molar-refractivity contribution in [2.45, 2.75) is 44.0 Å². The Labute approximate surface area is 215 Å². The van der Waals surface area contributed by atoms with Crippen molar-refractivity contribution in [3.8, 4) is 11.3 Å². The van der Waals surface area contributed by atoms with Crippen molar-refractivity contribution in [2.24, 2.45) is 7.05 Å². The predicted octanol–water partition coefficient (Wildman–Crippen LogP) is 4.59. The second kappa shape index (κ2) is 8.55. The number of aromatic nitrogens is 4. The Kier molecular flexibility index (Phi) is 5.41. The van der Waals surface area contributed by atoms with Crippen LogP contribution in [-0.2, 0) is 23.5 Å². The summed E-state index contributed by atoms with van der Waals surface area (Å²) < 4.78 is 30.2. The second-order valence-electron chi connectivity index (χ2n) is 9.64. The van der Waals surface area contributed by atoms with Gasteiger partial charge < -0.3 is 5.32 Å². The number of aryl methyl sites for hydroxylation is 3. The van der Waals surface area contributed by atoms with E-state index in [1.165, 1.54) is 3.97 Å². The number of carbonyl (C=O) groups excluding carboxylic acids is 1. The highest BCUT2D eigenvalue weighted by atomic mass is 32.2. The van der Waals surface area contributed by atoms with Crippen LogP contribution in [0.1, 0.15) is 41.3 Å². The summed E-state index contributed by atoms with van der Waals surface area (Å²) in [6, 6.07) is 14.5. The van der Waals surface area contributed by atoms with E-state index >= 15 is 0 Å². The first-order chi connectivity index (χ1) is 17.8. The fraction of sp³-hybridized carbons (Fsp3) is 0.250. The number of rotatable bonds is 6. The molecule has 0 radical (unpaired) electrons. The molecule has 8 nitrogen and oxygen atoms in total. The van der Waals surface area contributed by atoms with Crippen molar-refractivity contribution in [3.63, 3.8) is 0 Å². The van der Waals surface area contributed by atoms with Crippen molar-refractivity contribution in [1.82, 2.24) is 24.1 Å². The van der Waals surface area contributed by atoms with Crippen LogP contribution in [0, 0.1) is 6.92 Å². The van der Waals surface area contributed by atoms with Gasteiger partial charge in [-0.25, -0.2) is 17.4 Å². The summed E-state index contributed by atoms with van der Waals surface area (Å²) in [4.78, 5) is 17.2. The third-order valence-electron chi connectivity index (χ3n) is 6.95. The minimum Gasteiger partial charge on any atom is -0.349 e. The smallest absolute Gasteiger partial charge is 0.269 e. The first-order valence-electron chi connectivity index (χ1n) is 12.4. The number of nitrogens with zero attached hydrogens (tertiary/aromatic N) is 4. The molecule has 1 amide bonds. The number of amides is 1. The fourth-order valence-electron chi connectivity index (χ4n) is 4.75. The van der Waals surface area contributed by atoms with E-state index in [1.807, 2.05) is 45.2 Å². The number of benzene rings is 2. The van der Waals surface area contributed by atoms with Gasteiger partial charge in [0.1, 0.15) is 5.69 Å². The molecule has 1 aliphatic carbocycles. The maximum absolute atomic E-state index is 13.6. The minimum atomic E-state index is -3.83. The van der Waals surface area contributed by atoms with Gasteiger partial charge in [-0.3, -0.25) is 9.48 Å². The molecule has 0 aliphatic heterocycles. The molecule has 0 unspecified atom stereocenters. The van der Waals surface area contributed by atoms with Crippen molar-refractivity contribution < 1.29 is 13.2 Å². The molecule has 0 bridgehead atoms. The number of nitrogens with one attached hydrogen (secondary N) is 1. The molecule has 2 aromatic carbocycles. The molecule has 0 spiro atoms. The maximum Gasteiger partial charge on any atom is 0.269 e. The van der Waals surface area contributed by atoms with Crippen molar-refractivity contribution in [2.75, 3.05) is 0 Å². The zero-order chi connectivity index (χ0) is 25.9. The van der Waals surface area contributed by atoms with Crippen molar-refractivity contribution in [1.29, 1.82) is 0 Å². The molecule has 1 N–H and O–H groups in total. The zero-order valence-electron chi connectivity index (χ0n) is 20.9. The first-order valence-corrected chi connectivity index (χ1v) is 13.8. The molecule has 6 rings (SSSR count). The summed E-state index contributed by atoms with van der Waals surface area (Å²) in [5, 5.41) is 9.38. The van der Waals surface area contributed by atoms with Crippen LogP contribution in [0.3, 0.4) is 0 Å². The highest BCUT2D eigenvalue weighted by molar-refractivity contribution is 7.90. The van der Waals surface area contributed by atoms with Crippen molar-refractivity contribution in [3.05, 3.63) is 77.6 Å². The van der Waals surface area contributed by atoms with Gasteiger partial charge in [0.05, 0.1) is 10.4 Å². The summed E-state index contributed by atoms with van der Waals surface area (Å²) in [6.45, 7) is 3.92. The van der Waals surface area contributed by atoms with Crippen LogP contribution in [0.15, 0.2) is 65.8 Å². The van der Waals surface area contributed by atoms with Gasteiger partial charge in [-0.1, -0.05) is 36.8 Å². The standard InChI is InChI=1S/C28H27N5O3S/c1-4-18-16-33(37(35,36)22-13-5-17(2)6-14-22)27-24(18)26-23(15-29-27)25(31-32(26)3)19-7-9-20(10-8-19)28(34)30-21-11-12-21/h5-10,13-16,21H,4,11-12H2,1-3H3,(H,30,34). The Balaban J connectivity index is 1.48. The van der Waals surface area contributed by atoms with Crippen LogP contribution < -0.4 is 5.32 Å². The molecule has 1 fully saturated rings. The fourth-order valence-corrected chi connectivity index (χ4v) is 6.09. The third kappa shape index (κ3) is 3.90. The molecule has 188 valence electrons. The molecular formula is C28H27N5O3S. The average Bonchev–Trinajstić information content (AvgIpc) is 3.53. The Hall–Kier alpha value is -3.98. The maximum atomic E-state index is 13.6. The highest BCUT2D eigenvalue weighted by Crippen LogP contribution is 2.35. The van der Waals surface area contributed by atoms with Crippen LogP contribution in [0.4, 0.5) is 0 Å². The Morgan fingerprint density at radius 2 is 1.78 bits per heavy atom. The summed E-state index contributed by atoms with van der Waals surface area (Å²) >= 11 is 0. The monoisotopic (exact) mass is 513 g/mol. The Morgan fingerprint density at radius 1 is 1.08 bits per heavy atom. The molecule has 3 aromatic heterocycles. The first kappa shape index (κ1) is 23.4. The zero-order valence-corrected chi connectivity index (χ0v) is 21.7. The quantitative estimate of drug-likeness (QED) is 0.358. The number of carbonyl (C=O) groups is 1. The summed E-state index contributed by atoms with van der Waals surface area (Å²) in [7, 11) is -1.97. The molecule has 9 heteroatoms. The summed E-state index contributed by atoms with van der Waals surface area (Å²) in [5.74, 6) is -0.0629. The number of fused-ring (bicyclic) bond motifs is 3. The lowest BCUT2D eigenvalue weighted by atomic mass is 10.0. The van der Waals surface area contributed by atoms with Gasteiger partial charge in [0, 0.05) is 47.4 Å². The Bertz CT molecular complexity index is 1780. The van der Waals surface area contributed by atoms with E-state index in [0.29, 0.717) is 23.7 Å². The van der Waals surface area contributed by atoms with Gasteiger partial charge in [0.15, 0.2) is 5.65 Å².